The average molecular weight is 295 g/mol. The molecule has 0 aliphatic heterocycles. The molecule has 17 heavy (non-hydrogen) atoms. The molecule has 1 aromatic carbocycles. The van der Waals surface area contributed by atoms with Crippen molar-refractivity contribution in [3.05, 3.63) is 33.8 Å². The SMILES string of the molecule is Cl.Clc1ccc(CNC2CCCCC2)cc1Cl. The van der Waals surface area contributed by atoms with Gasteiger partial charge in [-0.25, -0.2) is 0 Å². The van der Waals surface area contributed by atoms with Crippen LogP contribution in [0.5, 0.6) is 0 Å². The molecule has 0 unspecified atom stereocenters. The molecular weight excluding hydrogens is 277 g/mol. The Morgan fingerprint density at radius 3 is 2.41 bits per heavy atom. The largest absolute Gasteiger partial charge is 0.310 e. The Balaban J connectivity index is 0.00000144. The second-order valence-electron chi connectivity index (χ2n) is 4.46. The van der Waals surface area contributed by atoms with Crippen molar-refractivity contribution in [2.75, 3.05) is 0 Å². The van der Waals surface area contributed by atoms with Crippen molar-refractivity contribution in [3.8, 4) is 0 Å². The third kappa shape index (κ3) is 4.67. The van der Waals surface area contributed by atoms with Gasteiger partial charge in [-0.15, -0.1) is 12.4 Å². The lowest BCUT2D eigenvalue weighted by atomic mass is 9.95. The molecule has 0 heterocycles. The minimum Gasteiger partial charge on any atom is -0.310 e. The third-order valence-electron chi connectivity index (χ3n) is 3.18. The van der Waals surface area contributed by atoms with Gasteiger partial charge in [-0.3, -0.25) is 0 Å². The van der Waals surface area contributed by atoms with E-state index >= 15 is 0 Å². The quantitative estimate of drug-likeness (QED) is 0.841. The summed E-state index contributed by atoms with van der Waals surface area (Å²) in [4.78, 5) is 0. The van der Waals surface area contributed by atoms with Crippen LogP contribution in [-0.2, 0) is 6.54 Å². The Labute approximate surface area is 119 Å². The first-order valence-corrected chi connectivity index (χ1v) is 6.68. The minimum absolute atomic E-state index is 0. The van der Waals surface area contributed by atoms with E-state index < -0.39 is 0 Å². The highest BCUT2D eigenvalue weighted by atomic mass is 35.5. The molecule has 0 radical (unpaired) electrons. The summed E-state index contributed by atoms with van der Waals surface area (Å²) in [6, 6.07) is 6.52. The molecule has 1 aliphatic carbocycles. The molecule has 0 atom stereocenters. The van der Waals surface area contributed by atoms with E-state index in [0.29, 0.717) is 16.1 Å². The molecule has 96 valence electrons. The monoisotopic (exact) mass is 293 g/mol. The van der Waals surface area contributed by atoms with Crippen molar-refractivity contribution in [1.29, 1.82) is 0 Å². The van der Waals surface area contributed by atoms with Gasteiger partial charge in [0.25, 0.3) is 0 Å². The summed E-state index contributed by atoms with van der Waals surface area (Å²) >= 11 is 11.9. The predicted octanol–water partition coefficient (Wildman–Crippen LogP) is 4.84. The van der Waals surface area contributed by atoms with Crippen molar-refractivity contribution in [2.45, 2.75) is 44.7 Å². The second-order valence-corrected chi connectivity index (χ2v) is 5.28. The van der Waals surface area contributed by atoms with Gasteiger partial charge in [0.1, 0.15) is 0 Å². The highest BCUT2D eigenvalue weighted by Crippen LogP contribution is 2.23. The summed E-state index contributed by atoms with van der Waals surface area (Å²) < 4.78 is 0. The fourth-order valence-corrected chi connectivity index (χ4v) is 2.54. The van der Waals surface area contributed by atoms with Gasteiger partial charge in [0.2, 0.25) is 0 Å². The molecule has 0 amide bonds. The molecule has 0 spiro atoms. The fraction of sp³-hybridized carbons (Fsp3) is 0.538. The standard InChI is InChI=1S/C13H17Cl2N.ClH/c14-12-7-6-10(8-13(12)15)9-16-11-4-2-1-3-5-11;/h6-8,11,16H,1-5,9H2;1H. The lowest BCUT2D eigenvalue weighted by Crippen LogP contribution is -2.30. The van der Waals surface area contributed by atoms with Crippen LogP contribution in [0.25, 0.3) is 0 Å². The van der Waals surface area contributed by atoms with Crippen LogP contribution in [0, 0.1) is 0 Å². The number of hydrogen-bond donors (Lipinski definition) is 1. The van der Waals surface area contributed by atoms with Crippen LogP contribution in [0.1, 0.15) is 37.7 Å². The number of rotatable bonds is 3. The molecule has 1 N–H and O–H groups in total. The number of nitrogens with one attached hydrogen (secondary N) is 1. The number of benzene rings is 1. The van der Waals surface area contributed by atoms with Crippen LogP contribution >= 0.6 is 35.6 Å². The van der Waals surface area contributed by atoms with E-state index in [1.54, 1.807) is 0 Å². The molecule has 0 aromatic heterocycles. The Hall–Kier alpha value is 0.0500. The molecule has 0 bridgehead atoms. The Morgan fingerprint density at radius 2 is 1.76 bits per heavy atom. The van der Waals surface area contributed by atoms with Crippen molar-refractivity contribution >= 4 is 35.6 Å². The van der Waals surface area contributed by atoms with Crippen molar-refractivity contribution in [2.24, 2.45) is 0 Å². The zero-order valence-corrected chi connectivity index (χ0v) is 12.0. The predicted molar refractivity (Wildman–Crippen MR) is 77.4 cm³/mol. The first kappa shape index (κ1) is 15.1. The molecule has 1 saturated carbocycles. The molecule has 2 rings (SSSR count). The van der Waals surface area contributed by atoms with Gasteiger partial charge >= 0.3 is 0 Å². The minimum atomic E-state index is 0. The highest BCUT2D eigenvalue weighted by molar-refractivity contribution is 6.42. The fourth-order valence-electron chi connectivity index (χ4n) is 2.22. The Morgan fingerprint density at radius 1 is 1.06 bits per heavy atom. The van der Waals surface area contributed by atoms with Gasteiger partial charge < -0.3 is 5.32 Å². The lowest BCUT2D eigenvalue weighted by molar-refractivity contribution is 0.372. The number of halogens is 3. The Bertz CT molecular complexity index is 349. The van der Waals surface area contributed by atoms with E-state index in [4.69, 9.17) is 23.2 Å². The maximum absolute atomic E-state index is 5.98. The van der Waals surface area contributed by atoms with E-state index in [1.807, 2.05) is 18.2 Å². The topological polar surface area (TPSA) is 12.0 Å². The maximum atomic E-state index is 5.98. The van der Waals surface area contributed by atoms with Crippen molar-refractivity contribution in [1.82, 2.24) is 5.32 Å². The van der Waals surface area contributed by atoms with E-state index in [-0.39, 0.29) is 12.4 Å². The summed E-state index contributed by atoms with van der Waals surface area (Å²) in [5.41, 5.74) is 1.21. The van der Waals surface area contributed by atoms with Crippen LogP contribution in [0.4, 0.5) is 0 Å². The van der Waals surface area contributed by atoms with Gasteiger partial charge in [-0.05, 0) is 30.5 Å². The van der Waals surface area contributed by atoms with Crippen LogP contribution in [-0.4, -0.2) is 6.04 Å². The summed E-state index contributed by atoms with van der Waals surface area (Å²) in [5.74, 6) is 0. The first-order chi connectivity index (χ1) is 7.75. The van der Waals surface area contributed by atoms with Gasteiger partial charge in [0, 0.05) is 12.6 Å². The van der Waals surface area contributed by atoms with E-state index in [1.165, 1.54) is 37.7 Å². The van der Waals surface area contributed by atoms with Gasteiger partial charge in [-0.2, -0.15) is 0 Å². The summed E-state index contributed by atoms with van der Waals surface area (Å²) in [7, 11) is 0. The summed E-state index contributed by atoms with van der Waals surface area (Å²) in [5, 5.41) is 4.85. The zero-order valence-electron chi connectivity index (χ0n) is 9.72. The van der Waals surface area contributed by atoms with E-state index in [9.17, 15) is 0 Å². The normalized spacial score (nSPS) is 16.6. The molecule has 1 nitrogen and oxygen atoms in total. The molecule has 0 saturated heterocycles. The van der Waals surface area contributed by atoms with Crippen LogP contribution in [0.2, 0.25) is 10.0 Å². The lowest BCUT2D eigenvalue weighted by Gasteiger charge is -2.22. The van der Waals surface area contributed by atoms with Crippen LogP contribution < -0.4 is 5.32 Å². The van der Waals surface area contributed by atoms with Crippen LogP contribution in [0.15, 0.2) is 18.2 Å². The van der Waals surface area contributed by atoms with Gasteiger partial charge in [-0.1, -0.05) is 48.5 Å². The van der Waals surface area contributed by atoms with E-state index in [0.717, 1.165) is 6.54 Å². The Kier molecular flexibility index (Phi) is 6.65. The second kappa shape index (κ2) is 7.48. The van der Waals surface area contributed by atoms with Crippen molar-refractivity contribution < 1.29 is 0 Å². The van der Waals surface area contributed by atoms with Gasteiger partial charge in [0.15, 0.2) is 0 Å². The molecule has 1 aliphatic rings. The smallest absolute Gasteiger partial charge is 0.0595 e. The third-order valence-corrected chi connectivity index (χ3v) is 3.92. The van der Waals surface area contributed by atoms with E-state index in [2.05, 4.69) is 5.32 Å². The van der Waals surface area contributed by atoms with Crippen LogP contribution in [0.3, 0.4) is 0 Å². The molecular formula is C13H18Cl3N. The average Bonchev–Trinajstić information content (AvgIpc) is 2.32. The maximum Gasteiger partial charge on any atom is 0.0595 e. The van der Waals surface area contributed by atoms with Gasteiger partial charge in [0.05, 0.1) is 10.0 Å². The molecule has 4 heteroatoms. The zero-order chi connectivity index (χ0) is 11.4. The summed E-state index contributed by atoms with van der Waals surface area (Å²) in [6.07, 6.45) is 6.73. The highest BCUT2D eigenvalue weighted by Gasteiger charge is 2.12. The first-order valence-electron chi connectivity index (χ1n) is 5.93. The summed E-state index contributed by atoms with van der Waals surface area (Å²) in [6.45, 7) is 0.890. The number of hydrogen-bond acceptors (Lipinski definition) is 1. The van der Waals surface area contributed by atoms with Crippen molar-refractivity contribution in [3.63, 3.8) is 0 Å². The molecule has 1 fully saturated rings. The molecule has 1 aromatic rings.